The second kappa shape index (κ2) is 9.45. The van der Waals surface area contributed by atoms with Crippen LogP contribution in [0.25, 0.3) is 0 Å². The Morgan fingerprint density at radius 1 is 0.926 bits per heavy atom. The predicted molar refractivity (Wildman–Crippen MR) is 110 cm³/mol. The summed E-state index contributed by atoms with van der Waals surface area (Å²) >= 11 is 6.19. The van der Waals surface area contributed by atoms with Crippen molar-refractivity contribution in [3.8, 4) is 11.5 Å². The van der Waals surface area contributed by atoms with Gasteiger partial charge in [-0.15, -0.1) is 0 Å². The standard InChI is InChI=1S/C23H24ClNO2/c1-17(19-8-4-3-5-9-19)25-15-18-12-13-22(23(14-18)26-2)27-16-20-10-6-7-11-21(20)24/h3-14,17,25H,15-16H2,1-2H3/t17-/m1/s1. The maximum absolute atomic E-state index is 6.19. The lowest BCUT2D eigenvalue weighted by molar-refractivity contribution is 0.284. The molecule has 0 aliphatic rings. The molecule has 3 aromatic carbocycles. The molecule has 0 aliphatic carbocycles. The number of hydrogen-bond acceptors (Lipinski definition) is 3. The number of hydrogen-bond donors (Lipinski definition) is 1. The van der Waals surface area contributed by atoms with Gasteiger partial charge in [0.2, 0.25) is 0 Å². The fourth-order valence-corrected chi connectivity index (χ4v) is 3.03. The molecule has 0 spiro atoms. The number of halogens is 1. The van der Waals surface area contributed by atoms with Crippen LogP contribution in [0.2, 0.25) is 5.02 Å². The summed E-state index contributed by atoms with van der Waals surface area (Å²) in [4.78, 5) is 0. The Bertz CT molecular complexity index is 867. The zero-order chi connectivity index (χ0) is 19.1. The molecule has 1 atom stereocenters. The van der Waals surface area contributed by atoms with Crippen molar-refractivity contribution in [3.05, 3.63) is 94.5 Å². The Hall–Kier alpha value is -2.49. The Morgan fingerprint density at radius 3 is 2.41 bits per heavy atom. The first kappa shape index (κ1) is 19.3. The molecule has 27 heavy (non-hydrogen) atoms. The number of ether oxygens (including phenoxy) is 2. The van der Waals surface area contributed by atoms with Gasteiger partial charge in [0, 0.05) is 23.2 Å². The summed E-state index contributed by atoms with van der Waals surface area (Å²) in [5.41, 5.74) is 3.35. The number of methoxy groups -OCH3 is 1. The van der Waals surface area contributed by atoms with Gasteiger partial charge in [0.25, 0.3) is 0 Å². The van der Waals surface area contributed by atoms with Crippen LogP contribution in [0, 0.1) is 0 Å². The highest BCUT2D eigenvalue weighted by Gasteiger charge is 2.09. The molecule has 0 fully saturated rings. The van der Waals surface area contributed by atoms with Crippen LogP contribution in [-0.2, 0) is 13.2 Å². The summed E-state index contributed by atoms with van der Waals surface area (Å²) in [6.45, 7) is 3.31. The molecule has 0 radical (unpaired) electrons. The summed E-state index contributed by atoms with van der Waals surface area (Å²) in [5, 5.41) is 4.24. The minimum Gasteiger partial charge on any atom is -0.493 e. The van der Waals surface area contributed by atoms with Crippen LogP contribution in [0.3, 0.4) is 0 Å². The maximum atomic E-state index is 6.19. The van der Waals surface area contributed by atoms with Crippen molar-refractivity contribution in [1.82, 2.24) is 5.32 Å². The lowest BCUT2D eigenvalue weighted by Gasteiger charge is -2.16. The first-order valence-electron chi connectivity index (χ1n) is 8.99. The summed E-state index contributed by atoms with van der Waals surface area (Å²) < 4.78 is 11.4. The summed E-state index contributed by atoms with van der Waals surface area (Å²) in [6.07, 6.45) is 0. The van der Waals surface area contributed by atoms with Gasteiger partial charge in [0.15, 0.2) is 11.5 Å². The minimum atomic E-state index is 0.272. The van der Waals surface area contributed by atoms with E-state index in [4.69, 9.17) is 21.1 Å². The third kappa shape index (κ3) is 5.25. The zero-order valence-corrected chi connectivity index (χ0v) is 16.4. The van der Waals surface area contributed by atoms with Crippen LogP contribution in [-0.4, -0.2) is 7.11 Å². The minimum absolute atomic E-state index is 0.272. The Kier molecular flexibility index (Phi) is 6.74. The van der Waals surface area contributed by atoms with E-state index in [1.54, 1.807) is 7.11 Å². The van der Waals surface area contributed by atoms with Crippen molar-refractivity contribution in [1.29, 1.82) is 0 Å². The van der Waals surface area contributed by atoms with Gasteiger partial charge >= 0.3 is 0 Å². The average molecular weight is 382 g/mol. The normalized spacial score (nSPS) is 11.8. The van der Waals surface area contributed by atoms with Gasteiger partial charge in [-0.05, 0) is 36.2 Å². The second-order valence-electron chi connectivity index (χ2n) is 6.38. The molecule has 0 amide bonds. The third-order valence-electron chi connectivity index (χ3n) is 4.48. The molecular weight excluding hydrogens is 358 g/mol. The summed E-state index contributed by atoms with van der Waals surface area (Å²) in [5.74, 6) is 1.42. The van der Waals surface area contributed by atoms with Gasteiger partial charge < -0.3 is 14.8 Å². The van der Waals surface area contributed by atoms with Gasteiger partial charge in [-0.3, -0.25) is 0 Å². The van der Waals surface area contributed by atoms with Crippen molar-refractivity contribution >= 4 is 11.6 Å². The molecule has 140 valence electrons. The molecule has 3 nitrogen and oxygen atoms in total. The van der Waals surface area contributed by atoms with E-state index >= 15 is 0 Å². The molecular formula is C23H24ClNO2. The molecule has 0 heterocycles. The van der Waals surface area contributed by atoms with Gasteiger partial charge in [-0.2, -0.15) is 0 Å². The van der Waals surface area contributed by atoms with Crippen molar-refractivity contribution in [2.45, 2.75) is 26.1 Å². The van der Waals surface area contributed by atoms with Crippen LogP contribution >= 0.6 is 11.6 Å². The molecule has 0 aromatic heterocycles. The van der Waals surface area contributed by atoms with Gasteiger partial charge in [0.05, 0.1) is 7.11 Å². The fraction of sp³-hybridized carbons (Fsp3) is 0.217. The predicted octanol–water partition coefficient (Wildman–Crippen LogP) is 5.78. The highest BCUT2D eigenvalue weighted by Crippen LogP contribution is 2.30. The lowest BCUT2D eigenvalue weighted by Crippen LogP contribution is -2.18. The van der Waals surface area contributed by atoms with Crippen molar-refractivity contribution in [3.63, 3.8) is 0 Å². The molecule has 3 rings (SSSR count). The van der Waals surface area contributed by atoms with Crippen LogP contribution in [0.1, 0.15) is 29.7 Å². The highest BCUT2D eigenvalue weighted by molar-refractivity contribution is 6.31. The Morgan fingerprint density at radius 2 is 1.67 bits per heavy atom. The van der Waals surface area contributed by atoms with Crippen molar-refractivity contribution < 1.29 is 9.47 Å². The van der Waals surface area contributed by atoms with Gasteiger partial charge in [-0.1, -0.05) is 66.2 Å². The Balaban J connectivity index is 1.63. The third-order valence-corrected chi connectivity index (χ3v) is 4.85. The van der Waals surface area contributed by atoms with Crippen molar-refractivity contribution in [2.24, 2.45) is 0 Å². The fourth-order valence-electron chi connectivity index (χ4n) is 2.84. The van der Waals surface area contributed by atoms with E-state index in [1.807, 2.05) is 42.5 Å². The van der Waals surface area contributed by atoms with E-state index in [9.17, 15) is 0 Å². The lowest BCUT2D eigenvalue weighted by atomic mass is 10.1. The molecule has 0 bridgehead atoms. The van der Waals surface area contributed by atoms with Gasteiger partial charge in [-0.25, -0.2) is 0 Å². The number of benzene rings is 3. The number of rotatable bonds is 8. The maximum Gasteiger partial charge on any atom is 0.161 e. The van der Waals surface area contributed by atoms with Crippen LogP contribution < -0.4 is 14.8 Å². The van der Waals surface area contributed by atoms with E-state index < -0.39 is 0 Å². The quantitative estimate of drug-likeness (QED) is 0.536. The number of nitrogens with one attached hydrogen (secondary N) is 1. The van der Waals surface area contributed by atoms with E-state index in [-0.39, 0.29) is 6.04 Å². The average Bonchev–Trinajstić information content (AvgIpc) is 2.72. The van der Waals surface area contributed by atoms with E-state index in [0.29, 0.717) is 23.1 Å². The first-order chi connectivity index (χ1) is 13.2. The molecule has 3 aromatic rings. The topological polar surface area (TPSA) is 30.5 Å². The van der Waals surface area contributed by atoms with E-state index in [1.165, 1.54) is 5.56 Å². The molecule has 1 N–H and O–H groups in total. The molecule has 0 saturated carbocycles. The molecule has 0 unspecified atom stereocenters. The van der Waals surface area contributed by atoms with Crippen LogP contribution in [0.5, 0.6) is 11.5 Å². The first-order valence-corrected chi connectivity index (χ1v) is 9.36. The monoisotopic (exact) mass is 381 g/mol. The smallest absolute Gasteiger partial charge is 0.161 e. The molecule has 0 saturated heterocycles. The van der Waals surface area contributed by atoms with Crippen LogP contribution in [0.15, 0.2) is 72.8 Å². The summed E-state index contributed by atoms with van der Waals surface area (Å²) in [7, 11) is 1.65. The van der Waals surface area contributed by atoms with Gasteiger partial charge in [0.1, 0.15) is 6.61 Å². The van der Waals surface area contributed by atoms with E-state index in [0.717, 1.165) is 17.7 Å². The van der Waals surface area contributed by atoms with Crippen LogP contribution in [0.4, 0.5) is 0 Å². The summed E-state index contributed by atoms with van der Waals surface area (Å²) in [6, 6.07) is 24.3. The second-order valence-corrected chi connectivity index (χ2v) is 6.79. The highest BCUT2D eigenvalue weighted by atomic mass is 35.5. The Labute approximate surface area is 165 Å². The van der Waals surface area contributed by atoms with Crippen molar-refractivity contribution in [2.75, 3.05) is 7.11 Å². The zero-order valence-electron chi connectivity index (χ0n) is 15.6. The largest absolute Gasteiger partial charge is 0.493 e. The van der Waals surface area contributed by atoms with E-state index in [2.05, 4.69) is 42.6 Å². The SMILES string of the molecule is COc1cc(CN[C@H](C)c2ccccc2)ccc1OCc1ccccc1Cl. The molecule has 0 aliphatic heterocycles. The molecule has 4 heteroatoms.